The molecule has 1 heterocycles. The highest BCUT2D eigenvalue weighted by Crippen LogP contribution is 2.29. The predicted molar refractivity (Wildman–Crippen MR) is 91.3 cm³/mol. The molecule has 0 aliphatic rings. The number of amides is 1. The first-order chi connectivity index (χ1) is 12.2. The molecule has 0 aliphatic carbocycles. The summed E-state index contributed by atoms with van der Waals surface area (Å²) in [6, 6.07) is 5.28. The Morgan fingerprint density at radius 1 is 1.27 bits per heavy atom. The zero-order chi connectivity index (χ0) is 19.4. The average Bonchev–Trinajstić information content (AvgIpc) is 2.93. The van der Waals surface area contributed by atoms with Gasteiger partial charge in [-0.25, -0.2) is 4.79 Å². The molecule has 2 aromatic rings. The molecule has 138 valence electrons. The Labute approximate surface area is 149 Å². The molecule has 0 unspecified atom stereocenters. The number of ether oxygens (including phenoxy) is 2. The molecule has 0 bridgehead atoms. The van der Waals surface area contributed by atoms with Crippen LogP contribution in [0, 0.1) is 24.0 Å². The number of nitrogens with zero attached hydrogens (tertiary/aromatic N) is 1. The summed E-state index contributed by atoms with van der Waals surface area (Å²) in [5.41, 5.74) is 0.293. The fourth-order valence-electron chi connectivity index (χ4n) is 2.24. The summed E-state index contributed by atoms with van der Waals surface area (Å²) >= 11 is 0. The van der Waals surface area contributed by atoms with Crippen LogP contribution in [0.1, 0.15) is 28.8 Å². The maximum absolute atomic E-state index is 12.3. The molecule has 1 aromatic carbocycles. The van der Waals surface area contributed by atoms with Crippen LogP contribution in [-0.2, 0) is 9.53 Å². The van der Waals surface area contributed by atoms with Crippen molar-refractivity contribution in [2.75, 3.05) is 12.4 Å². The molecule has 0 saturated carbocycles. The number of carbonyl (C=O) groups excluding carboxylic acids is 2. The fourth-order valence-corrected chi connectivity index (χ4v) is 2.24. The van der Waals surface area contributed by atoms with Gasteiger partial charge in [0.15, 0.2) is 6.10 Å². The first-order valence-electron chi connectivity index (χ1n) is 7.64. The lowest BCUT2D eigenvalue weighted by atomic mass is 10.2. The number of rotatable bonds is 6. The third kappa shape index (κ3) is 4.18. The van der Waals surface area contributed by atoms with Gasteiger partial charge in [-0.2, -0.15) is 0 Å². The lowest BCUT2D eigenvalue weighted by Gasteiger charge is -2.15. The molecule has 1 amide bonds. The number of hydrogen-bond donors (Lipinski definition) is 1. The maximum atomic E-state index is 12.3. The van der Waals surface area contributed by atoms with Crippen LogP contribution in [0.15, 0.2) is 28.7 Å². The molecule has 26 heavy (non-hydrogen) atoms. The van der Waals surface area contributed by atoms with Gasteiger partial charge in [-0.1, -0.05) is 0 Å². The normalized spacial score (nSPS) is 11.5. The number of furan rings is 1. The molecule has 0 saturated heterocycles. The Kier molecular flexibility index (Phi) is 5.61. The first-order valence-corrected chi connectivity index (χ1v) is 7.64. The van der Waals surface area contributed by atoms with Crippen LogP contribution in [0.5, 0.6) is 5.75 Å². The van der Waals surface area contributed by atoms with Crippen LogP contribution >= 0.6 is 0 Å². The second kappa shape index (κ2) is 7.68. The lowest BCUT2D eigenvalue weighted by Crippen LogP contribution is -2.30. The highest BCUT2D eigenvalue weighted by molar-refractivity contribution is 5.98. The van der Waals surface area contributed by atoms with Gasteiger partial charge in [-0.3, -0.25) is 14.9 Å². The van der Waals surface area contributed by atoms with E-state index in [1.807, 2.05) is 0 Å². The summed E-state index contributed by atoms with van der Waals surface area (Å²) in [7, 11) is 1.32. The minimum atomic E-state index is -1.10. The Morgan fingerprint density at radius 2 is 1.96 bits per heavy atom. The number of nitro groups is 1. The van der Waals surface area contributed by atoms with Crippen molar-refractivity contribution in [3.8, 4) is 5.75 Å². The Hall–Kier alpha value is -3.36. The van der Waals surface area contributed by atoms with Crippen molar-refractivity contribution in [3.05, 3.63) is 51.5 Å². The van der Waals surface area contributed by atoms with E-state index in [0.29, 0.717) is 11.5 Å². The number of aryl methyl sites for hydroxylation is 2. The van der Waals surface area contributed by atoms with Crippen molar-refractivity contribution in [1.29, 1.82) is 0 Å². The van der Waals surface area contributed by atoms with E-state index in [1.54, 1.807) is 13.8 Å². The van der Waals surface area contributed by atoms with Gasteiger partial charge in [0.25, 0.3) is 11.6 Å². The molecule has 1 N–H and O–H groups in total. The number of nitro benzene ring substituents is 1. The molecule has 0 fully saturated rings. The topological polar surface area (TPSA) is 121 Å². The van der Waals surface area contributed by atoms with Gasteiger partial charge in [0.1, 0.15) is 22.8 Å². The van der Waals surface area contributed by atoms with Gasteiger partial charge in [-0.05, 0) is 32.9 Å². The molecule has 1 aromatic heterocycles. The van der Waals surface area contributed by atoms with Crippen molar-refractivity contribution in [2.45, 2.75) is 26.9 Å². The molecule has 2 rings (SSSR count). The van der Waals surface area contributed by atoms with Gasteiger partial charge in [0.05, 0.1) is 23.8 Å². The summed E-state index contributed by atoms with van der Waals surface area (Å²) in [4.78, 5) is 34.6. The number of esters is 1. The summed E-state index contributed by atoms with van der Waals surface area (Å²) in [5, 5.41) is 13.3. The molecular weight excluding hydrogens is 344 g/mol. The third-order valence-electron chi connectivity index (χ3n) is 3.57. The van der Waals surface area contributed by atoms with Crippen molar-refractivity contribution in [1.82, 2.24) is 0 Å². The van der Waals surface area contributed by atoms with Crippen molar-refractivity contribution in [3.63, 3.8) is 0 Å². The standard InChI is InChI=1S/C17H18N2O7/c1-9-7-13(10(2)25-9)17(21)26-11(3)16(20)18-14-6-5-12(19(22)23)8-15(14)24-4/h5-8,11H,1-4H3,(H,18,20)/t11-/m0/s1. The number of benzene rings is 1. The predicted octanol–water partition coefficient (Wildman–Crippen LogP) is 3.00. The maximum Gasteiger partial charge on any atom is 0.342 e. The zero-order valence-corrected chi connectivity index (χ0v) is 14.7. The van der Waals surface area contributed by atoms with E-state index in [9.17, 15) is 19.7 Å². The lowest BCUT2D eigenvalue weighted by molar-refractivity contribution is -0.384. The summed E-state index contributed by atoms with van der Waals surface area (Å²) in [5.74, 6) is -0.215. The van der Waals surface area contributed by atoms with Crippen LogP contribution in [0.4, 0.5) is 11.4 Å². The average molecular weight is 362 g/mol. The van der Waals surface area contributed by atoms with E-state index in [-0.39, 0.29) is 22.7 Å². The molecule has 0 spiro atoms. The molecule has 1 atom stereocenters. The van der Waals surface area contributed by atoms with E-state index >= 15 is 0 Å². The number of hydrogen-bond acceptors (Lipinski definition) is 7. The Bertz CT molecular complexity index is 857. The van der Waals surface area contributed by atoms with Crippen LogP contribution in [0.3, 0.4) is 0 Å². The smallest absolute Gasteiger partial charge is 0.342 e. The zero-order valence-electron chi connectivity index (χ0n) is 14.7. The number of non-ortho nitro benzene ring substituents is 1. The highest BCUT2D eigenvalue weighted by Gasteiger charge is 2.23. The monoisotopic (exact) mass is 362 g/mol. The van der Waals surface area contributed by atoms with E-state index in [0.717, 1.165) is 0 Å². The van der Waals surface area contributed by atoms with Crippen molar-refractivity contribution in [2.24, 2.45) is 0 Å². The van der Waals surface area contributed by atoms with E-state index in [4.69, 9.17) is 13.9 Å². The van der Waals surface area contributed by atoms with Crippen molar-refractivity contribution >= 4 is 23.3 Å². The third-order valence-corrected chi connectivity index (χ3v) is 3.57. The summed E-state index contributed by atoms with van der Waals surface area (Å²) in [6.07, 6.45) is -1.10. The quantitative estimate of drug-likeness (QED) is 0.476. The molecule has 9 heteroatoms. The van der Waals surface area contributed by atoms with Crippen molar-refractivity contribution < 1.29 is 28.4 Å². The SMILES string of the molecule is COc1cc([N+](=O)[O-])ccc1NC(=O)[C@H](C)OC(=O)c1cc(C)oc1C. The van der Waals surface area contributed by atoms with Gasteiger partial charge >= 0.3 is 5.97 Å². The number of carbonyl (C=O) groups is 2. The van der Waals surface area contributed by atoms with Crippen LogP contribution < -0.4 is 10.1 Å². The highest BCUT2D eigenvalue weighted by atomic mass is 16.6. The summed E-state index contributed by atoms with van der Waals surface area (Å²) < 4.78 is 15.4. The van der Waals surface area contributed by atoms with Gasteiger partial charge in [0, 0.05) is 6.07 Å². The van der Waals surface area contributed by atoms with E-state index in [1.165, 1.54) is 38.3 Å². The minimum absolute atomic E-state index is 0.118. The van der Waals surface area contributed by atoms with Gasteiger partial charge in [0.2, 0.25) is 0 Å². The number of anilines is 1. The molecule has 9 nitrogen and oxygen atoms in total. The van der Waals surface area contributed by atoms with Crippen LogP contribution in [-0.4, -0.2) is 30.0 Å². The van der Waals surface area contributed by atoms with Crippen LogP contribution in [0.25, 0.3) is 0 Å². The Balaban J connectivity index is 2.08. The molecule has 0 radical (unpaired) electrons. The number of methoxy groups -OCH3 is 1. The van der Waals surface area contributed by atoms with Gasteiger partial charge < -0.3 is 19.2 Å². The fraction of sp³-hybridized carbons (Fsp3) is 0.294. The minimum Gasteiger partial charge on any atom is -0.494 e. The number of nitrogens with one attached hydrogen (secondary N) is 1. The second-order valence-corrected chi connectivity index (χ2v) is 5.51. The van der Waals surface area contributed by atoms with E-state index < -0.39 is 22.9 Å². The van der Waals surface area contributed by atoms with Gasteiger partial charge in [-0.15, -0.1) is 0 Å². The molecule has 0 aliphatic heterocycles. The van der Waals surface area contributed by atoms with Crippen LogP contribution in [0.2, 0.25) is 0 Å². The van der Waals surface area contributed by atoms with E-state index in [2.05, 4.69) is 5.32 Å². The summed E-state index contributed by atoms with van der Waals surface area (Å²) in [6.45, 7) is 4.73. The Morgan fingerprint density at radius 3 is 2.50 bits per heavy atom. The first kappa shape index (κ1) is 19.0. The second-order valence-electron chi connectivity index (χ2n) is 5.51. The molecular formula is C17H18N2O7. The largest absolute Gasteiger partial charge is 0.494 e.